The second-order valence-electron chi connectivity index (χ2n) is 9.19. The number of hydrogen-bond donors (Lipinski definition) is 1. The zero-order chi connectivity index (χ0) is 23.1. The molecule has 3 rings (SSSR count). The lowest BCUT2D eigenvalue weighted by Gasteiger charge is -2.39. The van der Waals surface area contributed by atoms with Crippen LogP contribution >= 0.6 is 0 Å². The number of anilines is 1. The Bertz CT molecular complexity index is 1110. The molecule has 168 valence electrons. The molecule has 0 saturated carbocycles. The fourth-order valence-corrected chi connectivity index (χ4v) is 5.34. The van der Waals surface area contributed by atoms with Crippen molar-refractivity contribution in [2.45, 2.75) is 65.6 Å². The first-order valence-electron chi connectivity index (χ1n) is 10.4. The molecule has 2 atom stereocenters. The molecular weight excluding hydrogens is 412 g/mol. The molecule has 2 aromatic rings. The molecule has 1 aliphatic heterocycles. The van der Waals surface area contributed by atoms with Gasteiger partial charge in [0.25, 0.3) is 0 Å². The van der Waals surface area contributed by atoms with Gasteiger partial charge in [-0.2, -0.15) is 0 Å². The van der Waals surface area contributed by atoms with Crippen molar-refractivity contribution in [2.24, 2.45) is 0 Å². The Hall–Kier alpha value is -2.54. The summed E-state index contributed by atoms with van der Waals surface area (Å²) < 4.78 is 32.7. The topological polar surface area (TPSA) is 75.7 Å². The minimum atomic E-state index is -3.68. The van der Waals surface area contributed by atoms with E-state index >= 15 is 0 Å². The molecule has 0 radical (unpaired) electrons. The standard InChI is InChI=1S/C24H32N2O4S/c1-15-8-10-17(3)21(12-15)26(31(7,28)29)18(4)23(27)25-20-14-24(5,6)30-22-13-16(2)9-11-19(20)22/h8-13,18,20H,14H2,1-7H3,(H,25,27). The highest BCUT2D eigenvalue weighted by atomic mass is 32.2. The van der Waals surface area contributed by atoms with E-state index in [2.05, 4.69) is 5.32 Å². The predicted octanol–water partition coefficient (Wildman–Crippen LogP) is 4.18. The maximum absolute atomic E-state index is 13.3. The van der Waals surface area contributed by atoms with Gasteiger partial charge < -0.3 is 10.1 Å². The van der Waals surface area contributed by atoms with Crippen LogP contribution in [-0.4, -0.2) is 32.2 Å². The van der Waals surface area contributed by atoms with Crippen LogP contribution in [0.3, 0.4) is 0 Å². The van der Waals surface area contributed by atoms with Crippen LogP contribution in [0.1, 0.15) is 55.5 Å². The van der Waals surface area contributed by atoms with E-state index in [9.17, 15) is 13.2 Å². The molecule has 0 fully saturated rings. The number of carbonyl (C=O) groups excluding carboxylic acids is 1. The number of benzene rings is 2. The molecule has 31 heavy (non-hydrogen) atoms. The van der Waals surface area contributed by atoms with Gasteiger partial charge in [-0.25, -0.2) is 8.42 Å². The third-order valence-corrected chi connectivity index (χ3v) is 6.86. The van der Waals surface area contributed by atoms with E-state index in [0.717, 1.165) is 34.3 Å². The Morgan fingerprint density at radius 2 is 1.74 bits per heavy atom. The van der Waals surface area contributed by atoms with Gasteiger partial charge in [-0.1, -0.05) is 24.3 Å². The molecule has 1 heterocycles. The van der Waals surface area contributed by atoms with Crippen LogP contribution < -0.4 is 14.4 Å². The maximum atomic E-state index is 13.3. The van der Waals surface area contributed by atoms with E-state index in [1.807, 2.05) is 65.0 Å². The van der Waals surface area contributed by atoms with Crippen molar-refractivity contribution in [3.05, 3.63) is 58.7 Å². The summed E-state index contributed by atoms with van der Waals surface area (Å²) in [7, 11) is -3.68. The summed E-state index contributed by atoms with van der Waals surface area (Å²) in [5.74, 6) is 0.407. The molecule has 1 N–H and O–H groups in total. The van der Waals surface area contributed by atoms with Gasteiger partial charge in [0.2, 0.25) is 15.9 Å². The van der Waals surface area contributed by atoms with Gasteiger partial charge in [0.05, 0.1) is 18.0 Å². The maximum Gasteiger partial charge on any atom is 0.244 e. The fraction of sp³-hybridized carbons (Fsp3) is 0.458. The third kappa shape index (κ3) is 5.03. The number of ether oxygens (including phenoxy) is 1. The average molecular weight is 445 g/mol. The SMILES string of the molecule is Cc1ccc2c(c1)OC(C)(C)CC2NC(=O)C(C)N(c1cc(C)ccc1C)S(C)(=O)=O. The molecule has 0 aromatic heterocycles. The molecule has 1 aliphatic rings. The van der Waals surface area contributed by atoms with Gasteiger partial charge in [-0.05, 0) is 70.4 Å². The quantitative estimate of drug-likeness (QED) is 0.750. The number of hydrogen-bond acceptors (Lipinski definition) is 4. The number of amides is 1. The van der Waals surface area contributed by atoms with E-state index in [-0.39, 0.29) is 11.9 Å². The monoisotopic (exact) mass is 444 g/mol. The summed E-state index contributed by atoms with van der Waals surface area (Å²) in [6.07, 6.45) is 1.72. The van der Waals surface area contributed by atoms with Crippen LogP contribution in [0.2, 0.25) is 0 Å². The molecule has 0 aliphatic carbocycles. The number of aryl methyl sites for hydroxylation is 3. The summed E-state index contributed by atoms with van der Waals surface area (Å²) in [5.41, 5.74) is 3.77. The lowest BCUT2D eigenvalue weighted by atomic mass is 9.89. The van der Waals surface area contributed by atoms with Crippen molar-refractivity contribution in [2.75, 3.05) is 10.6 Å². The van der Waals surface area contributed by atoms with Crippen molar-refractivity contribution in [1.82, 2.24) is 5.32 Å². The summed E-state index contributed by atoms with van der Waals surface area (Å²) in [6, 6.07) is 10.3. The first kappa shape index (κ1) is 23.1. The van der Waals surface area contributed by atoms with Crippen molar-refractivity contribution in [3.8, 4) is 5.75 Å². The predicted molar refractivity (Wildman–Crippen MR) is 124 cm³/mol. The van der Waals surface area contributed by atoms with Crippen molar-refractivity contribution < 1.29 is 17.9 Å². The minimum absolute atomic E-state index is 0.269. The zero-order valence-electron chi connectivity index (χ0n) is 19.3. The number of nitrogens with zero attached hydrogens (tertiary/aromatic N) is 1. The largest absolute Gasteiger partial charge is 0.487 e. The Morgan fingerprint density at radius 1 is 1.13 bits per heavy atom. The van der Waals surface area contributed by atoms with E-state index in [4.69, 9.17) is 4.74 Å². The first-order chi connectivity index (χ1) is 14.3. The van der Waals surface area contributed by atoms with E-state index in [1.165, 1.54) is 4.31 Å². The number of rotatable bonds is 5. The van der Waals surface area contributed by atoms with Gasteiger partial charge in [-0.3, -0.25) is 9.10 Å². The van der Waals surface area contributed by atoms with Crippen LogP contribution in [0.25, 0.3) is 0 Å². The number of sulfonamides is 1. The normalized spacial score (nSPS) is 18.5. The Labute approximate surface area is 185 Å². The van der Waals surface area contributed by atoms with Crippen LogP contribution in [0, 0.1) is 20.8 Å². The van der Waals surface area contributed by atoms with Gasteiger partial charge >= 0.3 is 0 Å². The van der Waals surface area contributed by atoms with Crippen LogP contribution in [0.5, 0.6) is 5.75 Å². The van der Waals surface area contributed by atoms with Crippen LogP contribution in [0.15, 0.2) is 36.4 Å². The smallest absolute Gasteiger partial charge is 0.244 e. The number of carbonyl (C=O) groups is 1. The Morgan fingerprint density at radius 3 is 2.39 bits per heavy atom. The molecular formula is C24H32N2O4S. The number of nitrogens with one attached hydrogen (secondary N) is 1. The molecule has 2 aromatic carbocycles. The van der Waals surface area contributed by atoms with Gasteiger partial charge in [0.15, 0.2) is 0 Å². The van der Waals surface area contributed by atoms with E-state index in [1.54, 1.807) is 13.0 Å². The van der Waals surface area contributed by atoms with Crippen LogP contribution in [-0.2, 0) is 14.8 Å². The lowest BCUT2D eigenvalue weighted by Crippen LogP contribution is -2.50. The minimum Gasteiger partial charge on any atom is -0.487 e. The summed E-state index contributed by atoms with van der Waals surface area (Å²) in [4.78, 5) is 13.3. The Balaban J connectivity index is 1.94. The molecule has 0 bridgehead atoms. The molecule has 0 saturated heterocycles. The Kier molecular flexibility index (Phi) is 6.11. The number of fused-ring (bicyclic) bond motifs is 1. The van der Waals surface area contributed by atoms with Crippen molar-refractivity contribution >= 4 is 21.6 Å². The average Bonchev–Trinajstić information content (AvgIpc) is 2.62. The summed E-state index contributed by atoms with van der Waals surface area (Å²) in [5, 5.41) is 3.08. The van der Waals surface area contributed by atoms with Gasteiger partial charge in [0.1, 0.15) is 17.4 Å². The van der Waals surface area contributed by atoms with Crippen molar-refractivity contribution in [3.63, 3.8) is 0 Å². The second kappa shape index (κ2) is 8.19. The molecule has 1 amide bonds. The highest BCUT2D eigenvalue weighted by Crippen LogP contribution is 2.40. The van der Waals surface area contributed by atoms with Crippen LogP contribution in [0.4, 0.5) is 5.69 Å². The van der Waals surface area contributed by atoms with Gasteiger partial charge in [-0.15, -0.1) is 0 Å². The molecule has 0 spiro atoms. The van der Waals surface area contributed by atoms with Crippen molar-refractivity contribution in [1.29, 1.82) is 0 Å². The lowest BCUT2D eigenvalue weighted by molar-refractivity contribution is -0.123. The highest BCUT2D eigenvalue weighted by Gasteiger charge is 2.37. The van der Waals surface area contributed by atoms with Gasteiger partial charge in [0, 0.05) is 12.0 Å². The third-order valence-electron chi connectivity index (χ3n) is 5.63. The highest BCUT2D eigenvalue weighted by molar-refractivity contribution is 7.92. The molecule has 7 heteroatoms. The zero-order valence-corrected chi connectivity index (χ0v) is 20.1. The second-order valence-corrected chi connectivity index (χ2v) is 11.1. The first-order valence-corrected chi connectivity index (χ1v) is 12.3. The fourth-order valence-electron chi connectivity index (χ4n) is 4.12. The van der Waals surface area contributed by atoms with E-state index < -0.39 is 21.7 Å². The van der Waals surface area contributed by atoms with E-state index in [0.29, 0.717) is 12.1 Å². The summed E-state index contributed by atoms with van der Waals surface area (Å²) in [6.45, 7) is 11.3. The summed E-state index contributed by atoms with van der Waals surface area (Å²) >= 11 is 0. The molecule has 6 nitrogen and oxygen atoms in total. The molecule has 2 unspecified atom stereocenters.